The van der Waals surface area contributed by atoms with Gasteiger partial charge in [0.1, 0.15) is 6.54 Å². The third-order valence-corrected chi connectivity index (χ3v) is 9.30. The molecule has 0 aliphatic heterocycles. The van der Waals surface area contributed by atoms with E-state index in [0.29, 0.717) is 19.4 Å². The Morgan fingerprint density at radius 3 is 0.844 bits per heavy atom. The van der Waals surface area contributed by atoms with E-state index in [2.05, 4.69) is 27.7 Å². The summed E-state index contributed by atoms with van der Waals surface area (Å²) in [6, 6.07) is 0. The second-order valence-corrected chi connectivity index (χ2v) is 14.9. The van der Waals surface area contributed by atoms with Crippen LogP contribution >= 0.6 is 0 Å². The van der Waals surface area contributed by atoms with Crippen LogP contribution in [0.5, 0.6) is 0 Å². The minimum Gasteiger partial charge on any atom is -0.293 e. The monoisotopic (exact) mass is 637 g/mol. The number of rotatable bonds is 34. The van der Waals surface area contributed by atoms with Crippen LogP contribution < -0.4 is 0 Å². The van der Waals surface area contributed by atoms with Crippen molar-refractivity contribution in [3.8, 4) is 0 Å². The molecule has 0 aromatic heterocycles. The predicted octanol–water partition coefficient (Wildman–Crippen LogP) is 14.1. The van der Waals surface area contributed by atoms with E-state index < -0.39 is 0 Å². The fraction of sp³-hybridized carbons (Fsp3) is 0.952. The average molecular weight is 637 g/mol. The van der Waals surface area contributed by atoms with Crippen molar-refractivity contribution < 1.29 is 14.1 Å². The number of quaternary nitrogens is 1. The van der Waals surface area contributed by atoms with Crippen LogP contribution in [0.1, 0.15) is 240 Å². The maximum atomic E-state index is 12.8. The van der Waals surface area contributed by atoms with Crippen LogP contribution in [0, 0.1) is 0 Å². The number of nitrogens with zero attached hydrogens (tertiary/aromatic N) is 1. The Morgan fingerprint density at radius 1 is 0.356 bits per heavy atom. The van der Waals surface area contributed by atoms with E-state index in [1.807, 2.05) is 14.1 Å². The van der Waals surface area contributed by atoms with E-state index in [4.69, 9.17) is 0 Å². The summed E-state index contributed by atoms with van der Waals surface area (Å²) in [5.41, 5.74) is 0. The standard InChI is InChI=1S/C39H78NO2.C3H8/c1-5-7-9-11-13-15-17-19-21-23-25-27-29-31-33-35-38(41)37-40(3,4)39(42)36-34-32-30-28-26-24-22-20-18-16-14-12-10-8-6-2;1-3-2/h5-37H2,1-4H3;3H2,1-2H3/q+1;. The predicted molar refractivity (Wildman–Crippen MR) is 202 cm³/mol. The highest BCUT2D eigenvalue weighted by Gasteiger charge is 2.28. The van der Waals surface area contributed by atoms with Crippen LogP contribution in [0.3, 0.4) is 0 Å². The van der Waals surface area contributed by atoms with Gasteiger partial charge in [0.15, 0.2) is 5.78 Å². The molecular formula is C42H86NO2+. The number of carbonyl (C=O) groups is 2. The van der Waals surface area contributed by atoms with E-state index in [-0.39, 0.29) is 16.2 Å². The summed E-state index contributed by atoms with van der Waals surface area (Å²) in [7, 11) is 3.86. The van der Waals surface area contributed by atoms with Gasteiger partial charge in [0.25, 0.3) is 0 Å². The zero-order valence-electron chi connectivity index (χ0n) is 32.3. The molecule has 0 saturated carbocycles. The molecule has 0 aromatic rings. The molecule has 270 valence electrons. The van der Waals surface area contributed by atoms with Gasteiger partial charge < -0.3 is 0 Å². The molecule has 0 aliphatic carbocycles. The fourth-order valence-corrected chi connectivity index (χ4v) is 6.25. The Balaban J connectivity index is 0. The molecule has 0 rings (SSSR count). The highest BCUT2D eigenvalue weighted by atomic mass is 16.2. The minimum atomic E-state index is 0.231. The number of amides is 1. The molecule has 1 amide bonds. The number of hydrogen-bond donors (Lipinski definition) is 0. The summed E-state index contributed by atoms with van der Waals surface area (Å²) < 4.78 is 0.232. The van der Waals surface area contributed by atoms with Crippen molar-refractivity contribution in [1.29, 1.82) is 0 Å². The van der Waals surface area contributed by atoms with Crippen LogP contribution in [0.25, 0.3) is 0 Å². The molecule has 0 heterocycles. The topological polar surface area (TPSA) is 34.1 Å². The fourth-order valence-electron chi connectivity index (χ4n) is 6.25. The number of ketones is 1. The lowest BCUT2D eigenvalue weighted by molar-refractivity contribution is -0.805. The molecule has 0 aliphatic rings. The second kappa shape index (κ2) is 37.8. The van der Waals surface area contributed by atoms with Gasteiger partial charge in [0.05, 0.1) is 20.5 Å². The summed E-state index contributed by atoms with van der Waals surface area (Å²) >= 11 is 0. The first-order valence-electron chi connectivity index (χ1n) is 20.7. The molecule has 0 bridgehead atoms. The lowest BCUT2D eigenvalue weighted by atomic mass is 10.0. The van der Waals surface area contributed by atoms with Gasteiger partial charge in [-0.3, -0.25) is 9.28 Å². The van der Waals surface area contributed by atoms with Crippen molar-refractivity contribution in [1.82, 2.24) is 0 Å². The van der Waals surface area contributed by atoms with Crippen LogP contribution in [-0.4, -0.2) is 36.8 Å². The van der Waals surface area contributed by atoms with Gasteiger partial charge in [-0.1, -0.05) is 214 Å². The van der Waals surface area contributed by atoms with Gasteiger partial charge in [-0.25, -0.2) is 4.79 Å². The Kier molecular flexibility index (Phi) is 38.9. The zero-order chi connectivity index (χ0) is 33.7. The molecule has 0 radical (unpaired) electrons. The Morgan fingerprint density at radius 2 is 0.578 bits per heavy atom. The van der Waals surface area contributed by atoms with E-state index in [1.54, 1.807) is 0 Å². The van der Waals surface area contributed by atoms with E-state index in [9.17, 15) is 9.59 Å². The third kappa shape index (κ3) is 37.6. The number of hydrogen-bond acceptors (Lipinski definition) is 2. The molecule has 45 heavy (non-hydrogen) atoms. The van der Waals surface area contributed by atoms with Crippen LogP contribution in [0.4, 0.5) is 0 Å². The van der Waals surface area contributed by atoms with Crippen LogP contribution in [0.15, 0.2) is 0 Å². The molecule has 0 spiro atoms. The summed E-state index contributed by atoms with van der Waals surface area (Å²) in [6.45, 7) is 9.19. The normalized spacial score (nSPS) is 11.4. The molecule has 0 unspecified atom stereocenters. The summed E-state index contributed by atoms with van der Waals surface area (Å²) in [5, 5.41) is 0. The molecule has 0 saturated heterocycles. The molecule has 0 N–H and O–H groups in total. The van der Waals surface area contributed by atoms with Crippen molar-refractivity contribution in [3.05, 3.63) is 0 Å². The van der Waals surface area contributed by atoms with Gasteiger partial charge in [0.2, 0.25) is 0 Å². The Hall–Kier alpha value is -0.700. The first-order chi connectivity index (χ1) is 21.9. The largest absolute Gasteiger partial charge is 0.313 e. The maximum absolute atomic E-state index is 12.8. The third-order valence-electron chi connectivity index (χ3n) is 9.30. The van der Waals surface area contributed by atoms with Gasteiger partial charge in [0, 0.05) is 6.42 Å². The van der Waals surface area contributed by atoms with Crippen LogP contribution in [0.2, 0.25) is 0 Å². The molecule has 0 aromatic carbocycles. The maximum Gasteiger partial charge on any atom is 0.313 e. The molecule has 3 nitrogen and oxygen atoms in total. The highest BCUT2D eigenvalue weighted by molar-refractivity contribution is 5.81. The van der Waals surface area contributed by atoms with Gasteiger partial charge in [-0.15, -0.1) is 0 Å². The lowest BCUT2D eigenvalue weighted by Gasteiger charge is -2.26. The Bertz CT molecular complexity index is 600. The SMILES string of the molecule is CCC.CCCCCCCCCCCCCCCCCC(=O)C[N+](C)(C)C(=O)CCCCCCCCCCCCCCCCC. The van der Waals surface area contributed by atoms with Crippen molar-refractivity contribution in [2.45, 2.75) is 240 Å². The molecular weight excluding hydrogens is 550 g/mol. The Labute approximate surface area is 285 Å². The van der Waals surface area contributed by atoms with Crippen molar-refractivity contribution in [3.63, 3.8) is 0 Å². The van der Waals surface area contributed by atoms with Crippen LogP contribution in [-0.2, 0) is 9.59 Å². The number of unbranched alkanes of at least 4 members (excludes halogenated alkanes) is 28. The van der Waals surface area contributed by atoms with Gasteiger partial charge in [-0.05, 0) is 12.8 Å². The first kappa shape index (κ1) is 46.4. The second-order valence-electron chi connectivity index (χ2n) is 14.9. The number of likely N-dealkylation sites (N-methyl/N-ethyl adjacent to an activating group) is 1. The first-order valence-corrected chi connectivity index (χ1v) is 20.7. The van der Waals surface area contributed by atoms with Crippen molar-refractivity contribution >= 4 is 11.7 Å². The minimum absolute atomic E-state index is 0.231. The van der Waals surface area contributed by atoms with Gasteiger partial charge >= 0.3 is 5.91 Å². The van der Waals surface area contributed by atoms with Gasteiger partial charge in [-0.2, -0.15) is 0 Å². The van der Waals surface area contributed by atoms with E-state index in [1.165, 1.54) is 173 Å². The lowest BCUT2D eigenvalue weighted by Crippen LogP contribution is -2.48. The summed E-state index contributed by atoms with van der Waals surface area (Å²) in [6.07, 6.45) is 42.8. The highest BCUT2D eigenvalue weighted by Crippen LogP contribution is 2.16. The smallest absolute Gasteiger partial charge is 0.293 e. The molecule has 0 atom stereocenters. The van der Waals surface area contributed by atoms with Crippen molar-refractivity contribution in [2.75, 3.05) is 20.6 Å². The summed E-state index contributed by atoms with van der Waals surface area (Å²) in [5.74, 6) is 0.495. The molecule has 3 heteroatoms. The quantitative estimate of drug-likeness (QED) is 0.0520. The van der Waals surface area contributed by atoms with E-state index >= 15 is 0 Å². The van der Waals surface area contributed by atoms with Crippen molar-refractivity contribution in [2.24, 2.45) is 0 Å². The number of Topliss-reactive ketones (excluding diaryl/α,β-unsaturated/α-hetero) is 1. The molecule has 0 fully saturated rings. The summed E-state index contributed by atoms with van der Waals surface area (Å²) in [4.78, 5) is 25.3. The van der Waals surface area contributed by atoms with E-state index in [0.717, 1.165) is 25.7 Å². The average Bonchev–Trinajstić information content (AvgIpc) is 3.01. The number of carbonyl (C=O) groups excluding carboxylic acids is 2. The zero-order valence-corrected chi connectivity index (χ0v) is 32.3.